The van der Waals surface area contributed by atoms with Gasteiger partial charge in [-0.3, -0.25) is 0 Å². The van der Waals surface area contributed by atoms with Gasteiger partial charge in [-0.1, -0.05) is 161 Å². The Bertz CT molecular complexity index is 3370. The molecule has 2 aliphatic carbocycles. The van der Waals surface area contributed by atoms with E-state index < -0.39 is 0 Å². The van der Waals surface area contributed by atoms with Crippen LogP contribution in [0.5, 0.6) is 0 Å². The summed E-state index contributed by atoms with van der Waals surface area (Å²) in [6, 6.07) is 69.3. The van der Waals surface area contributed by atoms with E-state index in [4.69, 9.17) is 4.42 Å². The largest absolute Gasteiger partial charge is 0.455 e. The monoisotopic (exact) mass is 769 g/mol. The van der Waals surface area contributed by atoms with Crippen LogP contribution in [0.4, 0.5) is 17.1 Å². The number of furan rings is 1. The fourth-order valence-corrected chi connectivity index (χ4v) is 10.5. The SMILES string of the molecule is CC1(C)c2ccccc2-c2ccc(-c3cc4c5cc(N(c6ccc(-c7ccccc7)cc6)c6ccc7c(c6)C(C)(C)c6ccccc6-7)ccc5oc4c4ccccc34)cc21. The van der Waals surface area contributed by atoms with Crippen LogP contribution in [-0.4, -0.2) is 0 Å². The van der Waals surface area contributed by atoms with E-state index in [0.29, 0.717) is 0 Å². The molecule has 0 amide bonds. The third kappa shape index (κ3) is 5.01. The minimum Gasteiger partial charge on any atom is -0.455 e. The Morgan fingerprint density at radius 2 is 0.850 bits per heavy atom. The Hall–Kier alpha value is -7.16. The Morgan fingerprint density at radius 3 is 1.57 bits per heavy atom. The smallest absolute Gasteiger partial charge is 0.143 e. The van der Waals surface area contributed by atoms with Crippen molar-refractivity contribution in [2.75, 3.05) is 4.90 Å². The normalized spacial score (nSPS) is 14.3. The summed E-state index contributed by atoms with van der Waals surface area (Å²) in [5.74, 6) is 0. The van der Waals surface area contributed by atoms with Gasteiger partial charge in [-0.15, -0.1) is 0 Å². The summed E-state index contributed by atoms with van der Waals surface area (Å²) in [4.78, 5) is 2.41. The molecule has 1 heterocycles. The minimum atomic E-state index is -0.123. The predicted octanol–water partition coefficient (Wildman–Crippen LogP) is 16.2. The van der Waals surface area contributed by atoms with E-state index in [9.17, 15) is 0 Å². The van der Waals surface area contributed by atoms with Crippen LogP contribution >= 0.6 is 0 Å². The molecule has 2 nitrogen and oxygen atoms in total. The van der Waals surface area contributed by atoms with E-state index in [-0.39, 0.29) is 10.8 Å². The Kier molecular flexibility index (Phi) is 7.36. The lowest BCUT2D eigenvalue weighted by atomic mass is 9.81. The first kappa shape index (κ1) is 34.8. The highest BCUT2D eigenvalue weighted by atomic mass is 16.3. The average Bonchev–Trinajstić information content (AvgIpc) is 3.86. The number of fused-ring (bicyclic) bond motifs is 11. The van der Waals surface area contributed by atoms with Crippen molar-refractivity contribution in [3.05, 3.63) is 210 Å². The number of anilines is 3. The van der Waals surface area contributed by atoms with Crippen LogP contribution in [0.25, 0.3) is 77.2 Å². The number of benzene rings is 9. The summed E-state index contributed by atoms with van der Waals surface area (Å²) in [6.45, 7) is 9.42. The molecular formula is C58H43NO. The number of hydrogen-bond donors (Lipinski definition) is 0. The van der Waals surface area contributed by atoms with Crippen LogP contribution in [0.2, 0.25) is 0 Å². The first-order valence-electron chi connectivity index (χ1n) is 21.1. The van der Waals surface area contributed by atoms with Gasteiger partial charge in [0.25, 0.3) is 0 Å². The van der Waals surface area contributed by atoms with Crippen LogP contribution in [0.15, 0.2) is 192 Å². The lowest BCUT2D eigenvalue weighted by molar-refractivity contribution is 0.660. The molecule has 0 saturated carbocycles. The van der Waals surface area contributed by atoms with E-state index in [2.05, 4.69) is 221 Å². The van der Waals surface area contributed by atoms with Gasteiger partial charge < -0.3 is 9.32 Å². The molecule has 286 valence electrons. The summed E-state index contributed by atoms with van der Waals surface area (Å²) in [5.41, 5.74) is 20.5. The van der Waals surface area contributed by atoms with Crippen LogP contribution in [0.1, 0.15) is 49.9 Å². The van der Waals surface area contributed by atoms with E-state index in [1.165, 1.54) is 72.1 Å². The first-order valence-corrected chi connectivity index (χ1v) is 21.1. The zero-order chi connectivity index (χ0) is 40.3. The summed E-state index contributed by atoms with van der Waals surface area (Å²) < 4.78 is 6.82. The van der Waals surface area contributed by atoms with Crippen molar-refractivity contribution in [3.8, 4) is 44.5 Å². The molecule has 60 heavy (non-hydrogen) atoms. The molecule has 0 N–H and O–H groups in total. The van der Waals surface area contributed by atoms with Gasteiger partial charge in [0.2, 0.25) is 0 Å². The fraction of sp³-hybridized carbons (Fsp3) is 0.103. The molecule has 0 radical (unpaired) electrons. The second-order valence-electron chi connectivity index (χ2n) is 17.7. The van der Waals surface area contributed by atoms with Gasteiger partial charge in [-0.05, 0) is 127 Å². The molecule has 0 unspecified atom stereocenters. The predicted molar refractivity (Wildman–Crippen MR) is 252 cm³/mol. The third-order valence-electron chi connectivity index (χ3n) is 13.7. The van der Waals surface area contributed by atoms with Crippen molar-refractivity contribution in [2.45, 2.75) is 38.5 Å². The van der Waals surface area contributed by atoms with Crippen LogP contribution < -0.4 is 4.90 Å². The van der Waals surface area contributed by atoms with Gasteiger partial charge in [-0.2, -0.15) is 0 Å². The van der Waals surface area contributed by atoms with E-state index >= 15 is 0 Å². The maximum atomic E-state index is 6.82. The number of nitrogens with zero attached hydrogens (tertiary/aromatic N) is 1. The highest BCUT2D eigenvalue weighted by Crippen LogP contribution is 2.52. The molecule has 0 saturated heterocycles. The number of hydrogen-bond acceptors (Lipinski definition) is 2. The van der Waals surface area contributed by atoms with Crippen LogP contribution in [0, 0.1) is 0 Å². The van der Waals surface area contributed by atoms with E-state index in [1.54, 1.807) is 0 Å². The molecule has 1 aromatic heterocycles. The summed E-state index contributed by atoms with van der Waals surface area (Å²) in [5, 5.41) is 4.54. The molecular weight excluding hydrogens is 727 g/mol. The quantitative estimate of drug-likeness (QED) is 0.173. The maximum Gasteiger partial charge on any atom is 0.143 e. The van der Waals surface area contributed by atoms with Gasteiger partial charge in [0.1, 0.15) is 11.2 Å². The Balaban J connectivity index is 1.05. The van der Waals surface area contributed by atoms with Crippen LogP contribution in [-0.2, 0) is 10.8 Å². The molecule has 0 atom stereocenters. The van der Waals surface area contributed by atoms with Gasteiger partial charge in [-0.25, -0.2) is 0 Å². The van der Waals surface area contributed by atoms with E-state index in [0.717, 1.165) is 44.4 Å². The Labute approximate surface area is 351 Å². The minimum absolute atomic E-state index is 0.0859. The third-order valence-corrected chi connectivity index (χ3v) is 13.7. The summed E-state index contributed by atoms with van der Waals surface area (Å²) >= 11 is 0. The van der Waals surface area contributed by atoms with Crippen molar-refractivity contribution in [3.63, 3.8) is 0 Å². The summed E-state index contributed by atoms with van der Waals surface area (Å²) in [7, 11) is 0. The topological polar surface area (TPSA) is 16.4 Å². The van der Waals surface area contributed by atoms with Crippen molar-refractivity contribution in [1.29, 1.82) is 0 Å². The molecule has 2 aliphatic rings. The standard InChI is InChI=1S/C58H43NO/c1-57(2)51-20-12-10-17-43(51)45-29-24-38(32-53(45)57)48-35-50-49-33-40(28-31-55(49)60-56(50)47-19-9-8-16-42(47)48)59(39-25-22-37(23-26-39)36-14-6-5-7-15-36)41-27-30-46-44-18-11-13-21-52(44)58(3,4)54(46)34-41/h5-35H,1-4H3. The van der Waals surface area contributed by atoms with Gasteiger partial charge >= 0.3 is 0 Å². The second kappa shape index (κ2) is 12.7. The lowest BCUT2D eigenvalue weighted by Crippen LogP contribution is -2.16. The lowest BCUT2D eigenvalue weighted by Gasteiger charge is -2.28. The summed E-state index contributed by atoms with van der Waals surface area (Å²) in [6.07, 6.45) is 0. The van der Waals surface area contributed by atoms with Crippen molar-refractivity contribution < 1.29 is 4.42 Å². The van der Waals surface area contributed by atoms with Crippen molar-refractivity contribution in [1.82, 2.24) is 0 Å². The maximum absolute atomic E-state index is 6.82. The molecule has 2 heteroatoms. The zero-order valence-corrected chi connectivity index (χ0v) is 34.3. The number of rotatable bonds is 5. The molecule has 9 aromatic carbocycles. The highest BCUT2D eigenvalue weighted by molar-refractivity contribution is 6.19. The molecule has 12 rings (SSSR count). The van der Waals surface area contributed by atoms with Crippen molar-refractivity contribution in [2.24, 2.45) is 0 Å². The molecule has 0 aliphatic heterocycles. The molecule has 10 aromatic rings. The van der Waals surface area contributed by atoms with Crippen LogP contribution in [0.3, 0.4) is 0 Å². The second-order valence-corrected chi connectivity index (χ2v) is 17.7. The first-order chi connectivity index (χ1) is 29.3. The molecule has 0 bridgehead atoms. The van der Waals surface area contributed by atoms with Gasteiger partial charge in [0, 0.05) is 44.1 Å². The molecule has 0 fully saturated rings. The van der Waals surface area contributed by atoms with Gasteiger partial charge in [0.05, 0.1) is 0 Å². The average molecular weight is 770 g/mol. The zero-order valence-electron chi connectivity index (χ0n) is 34.3. The Morgan fingerprint density at radius 1 is 0.333 bits per heavy atom. The fourth-order valence-electron chi connectivity index (χ4n) is 10.5. The van der Waals surface area contributed by atoms with Crippen molar-refractivity contribution >= 4 is 49.8 Å². The van der Waals surface area contributed by atoms with Gasteiger partial charge in [0.15, 0.2) is 0 Å². The highest BCUT2D eigenvalue weighted by Gasteiger charge is 2.37. The molecule has 0 spiro atoms. The van der Waals surface area contributed by atoms with E-state index in [1.807, 2.05) is 0 Å².